The van der Waals surface area contributed by atoms with Crippen LogP contribution in [0.25, 0.3) is 0 Å². The lowest BCUT2D eigenvalue weighted by Crippen LogP contribution is -2.25. The zero-order valence-electron chi connectivity index (χ0n) is 10.4. The fourth-order valence-corrected chi connectivity index (χ4v) is 2.09. The predicted octanol–water partition coefficient (Wildman–Crippen LogP) is 1.45. The van der Waals surface area contributed by atoms with E-state index in [1.54, 1.807) is 0 Å². The van der Waals surface area contributed by atoms with Gasteiger partial charge in [-0.1, -0.05) is 18.7 Å². The lowest BCUT2D eigenvalue weighted by atomic mass is 10.3. The summed E-state index contributed by atoms with van der Waals surface area (Å²) in [5.74, 6) is 1.23. The van der Waals surface area contributed by atoms with E-state index < -0.39 is 0 Å². The van der Waals surface area contributed by atoms with Crippen molar-refractivity contribution in [2.45, 2.75) is 25.3 Å². The van der Waals surface area contributed by atoms with Crippen molar-refractivity contribution in [3.8, 4) is 0 Å². The van der Waals surface area contributed by atoms with Crippen LogP contribution >= 0.6 is 11.8 Å². The molecule has 0 aromatic carbocycles. The number of carbonyl (C=O) groups excluding carboxylic acids is 1. The van der Waals surface area contributed by atoms with Crippen LogP contribution in [0.5, 0.6) is 0 Å². The molecule has 0 spiro atoms. The molecule has 0 aliphatic carbocycles. The van der Waals surface area contributed by atoms with Crippen LogP contribution in [-0.2, 0) is 4.79 Å². The maximum absolute atomic E-state index is 11.5. The van der Waals surface area contributed by atoms with Crippen molar-refractivity contribution in [2.75, 3.05) is 24.7 Å². The van der Waals surface area contributed by atoms with Crippen LogP contribution in [0, 0.1) is 6.92 Å². The summed E-state index contributed by atoms with van der Waals surface area (Å²) in [5, 5.41) is 6.67. The molecule has 1 heterocycles. The highest BCUT2D eigenvalue weighted by Crippen LogP contribution is 2.23. The van der Waals surface area contributed by atoms with Crippen LogP contribution < -0.4 is 10.6 Å². The van der Waals surface area contributed by atoms with Crippen molar-refractivity contribution in [2.24, 2.45) is 0 Å². The van der Waals surface area contributed by atoms with Gasteiger partial charge in [0.25, 0.3) is 0 Å². The molecule has 0 bridgehead atoms. The van der Waals surface area contributed by atoms with Crippen molar-refractivity contribution >= 4 is 23.5 Å². The summed E-state index contributed by atoms with van der Waals surface area (Å²) < 4.78 is 0. The molecule has 1 aromatic heterocycles. The van der Waals surface area contributed by atoms with Gasteiger partial charge in [0.1, 0.15) is 17.2 Å². The Hall–Kier alpha value is -1.30. The first-order valence-corrected chi connectivity index (χ1v) is 6.56. The number of hydrogen-bond donors (Lipinski definition) is 2. The number of hydrogen-bond acceptors (Lipinski definition) is 5. The van der Waals surface area contributed by atoms with Gasteiger partial charge in [-0.15, -0.1) is 0 Å². The van der Waals surface area contributed by atoms with E-state index in [0.29, 0.717) is 5.75 Å². The third kappa shape index (κ3) is 4.22. The molecule has 0 fully saturated rings. The van der Waals surface area contributed by atoms with Crippen LogP contribution in [0.4, 0.5) is 5.82 Å². The largest absolute Gasteiger partial charge is 0.373 e. The van der Waals surface area contributed by atoms with Crippen molar-refractivity contribution in [1.82, 2.24) is 15.3 Å². The van der Waals surface area contributed by atoms with Gasteiger partial charge < -0.3 is 10.6 Å². The highest BCUT2D eigenvalue weighted by Gasteiger charge is 2.08. The monoisotopic (exact) mass is 254 g/mol. The van der Waals surface area contributed by atoms with Gasteiger partial charge in [-0.25, -0.2) is 9.97 Å². The van der Waals surface area contributed by atoms with Crippen molar-refractivity contribution < 1.29 is 4.79 Å². The molecule has 0 aliphatic rings. The van der Waals surface area contributed by atoms with Crippen molar-refractivity contribution in [1.29, 1.82) is 0 Å². The van der Waals surface area contributed by atoms with Gasteiger partial charge in [0.15, 0.2) is 0 Å². The second-order valence-corrected chi connectivity index (χ2v) is 4.51. The third-order valence-electron chi connectivity index (χ3n) is 2.19. The molecule has 0 saturated carbocycles. The number of carbonyl (C=O) groups is 1. The summed E-state index contributed by atoms with van der Waals surface area (Å²) in [6.45, 7) is 4.70. The number of nitrogens with zero attached hydrogens (tertiary/aromatic N) is 2. The Kier molecular flexibility index (Phi) is 5.76. The average molecular weight is 254 g/mol. The Balaban J connectivity index is 2.54. The highest BCUT2D eigenvalue weighted by molar-refractivity contribution is 7.99. The van der Waals surface area contributed by atoms with Crippen molar-refractivity contribution in [3.05, 3.63) is 11.9 Å². The Labute approximate surface area is 106 Å². The lowest BCUT2D eigenvalue weighted by Gasteiger charge is -2.08. The maximum atomic E-state index is 11.5. The fraction of sp³-hybridized carbons (Fsp3) is 0.545. The number of aromatic nitrogens is 2. The summed E-state index contributed by atoms with van der Waals surface area (Å²) in [7, 11) is 1.82. The first kappa shape index (κ1) is 13.8. The molecular formula is C11H18N4OS. The summed E-state index contributed by atoms with van der Waals surface area (Å²) in [5.41, 5.74) is 0.975. The van der Waals surface area contributed by atoms with E-state index in [2.05, 4.69) is 20.6 Å². The molecule has 0 radical (unpaired) electrons. The van der Waals surface area contributed by atoms with Gasteiger partial charge in [-0.05, 0) is 13.3 Å². The van der Waals surface area contributed by atoms with Gasteiger partial charge in [-0.2, -0.15) is 0 Å². The standard InChI is InChI=1S/C11H18N4OS/c1-4-5-13-9(16)6-17-11-8(2)10(12-3)14-7-15-11/h7H,4-6H2,1-3H3,(H,13,16)(H,12,14,15). The zero-order valence-corrected chi connectivity index (χ0v) is 11.2. The molecular weight excluding hydrogens is 236 g/mol. The Morgan fingerprint density at radius 3 is 2.88 bits per heavy atom. The first-order valence-electron chi connectivity index (χ1n) is 5.57. The van der Waals surface area contributed by atoms with Crippen LogP contribution in [0.1, 0.15) is 18.9 Å². The molecule has 0 atom stereocenters. The molecule has 2 N–H and O–H groups in total. The van der Waals surface area contributed by atoms with Gasteiger partial charge in [0.05, 0.1) is 5.75 Å². The Morgan fingerprint density at radius 2 is 2.24 bits per heavy atom. The zero-order chi connectivity index (χ0) is 12.7. The minimum Gasteiger partial charge on any atom is -0.373 e. The minimum absolute atomic E-state index is 0.0425. The van der Waals surface area contributed by atoms with Gasteiger partial charge in [0, 0.05) is 19.2 Å². The van der Waals surface area contributed by atoms with E-state index in [1.165, 1.54) is 18.1 Å². The summed E-state index contributed by atoms with van der Waals surface area (Å²) in [6.07, 6.45) is 2.46. The summed E-state index contributed by atoms with van der Waals surface area (Å²) in [4.78, 5) is 19.7. The molecule has 0 saturated heterocycles. The van der Waals surface area contributed by atoms with E-state index in [1.807, 2.05) is 20.9 Å². The molecule has 0 unspecified atom stereocenters. The predicted molar refractivity (Wildman–Crippen MR) is 70.3 cm³/mol. The lowest BCUT2D eigenvalue weighted by molar-refractivity contribution is -0.118. The minimum atomic E-state index is 0.0425. The molecule has 1 aromatic rings. The molecule has 5 nitrogen and oxygen atoms in total. The molecule has 94 valence electrons. The van der Waals surface area contributed by atoms with Gasteiger partial charge in [0.2, 0.25) is 5.91 Å². The van der Waals surface area contributed by atoms with E-state index in [-0.39, 0.29) is 5.91 Å². The number of nitrogens with one attached hydrogen (secondary N) is 2. The van der Waals surface area contributed by atoms with E-state index >= 15 is 0 Å². The molecule has 17 heavy (non-hydrogen) atoms. The van der Waals surface area contributed by atoms with Crippen LogP contribution in [-0.4, -0.2) is 35.2 Å². The number of amides is 1. The van der Waals surface area contributed by atoms with Gasteiger partial charge in [-0.3, -0.25) is 4.79 Å². The normalized spacial score (nSPS) is 10.1. The first-order chi connectivity index (χ1) is 8.19. The summed E-state index contributed by atoms with van der Waals surface area (Å²) >= 11 is 1.43. The SMILES string of the molecule is CCCNC(=O)CSc1ncnc(NC)c1C. The third-order valence-corrected chi connectivity index (χ3v) is 3.28. The van der Waals surface area contributed by atoms with Crippen LogP contribution in [0.15, 0.2) is 11.4 Å². The number of anilines is 1. The number of thioether (sulfide) groups is 1. The van der Waals surface area contributed by atoms with E-state index in [4.69, 9.17) is 0 Å². The maximum Gasteiger partial charge on any atom is 0.230 e. The van der Waals surface area contributed by atoms with Crippen LogP contribution in [0.2, 0.25) is 0 Å². The highest BCUT2D eigenvalue weighted by atomic mass is 32.2. The van der Waals surface area contributed by atoms with Gasteiger partial charge >= 0.3 is 0 Å². The average Bonchev–Trinajstić information content (AvgIpc) is 2.35. The Bertz CT molecular complexity index is 384. The van der Waals surface area contributed by atoms with Crippen molar-refractivity contribution in [3.63, 3.8) is 0 Å². The quantitative estimate of drug-likeness (QED) is 0.594. The molecule has 0 aliphatic heterocycles. The Morgan fingerprint density at radius 1 is 1.47 bits per heavy atom. The molecule has 6 heteroatoms. The topological polar surface area (TPSA) is 66.9 Å². The second-order valence-electron chi connectivity index (χ2n) is 3.54. The van der Waals surface area contributed by atoms with E-state index in [9.17, 15) is 4.79 Å². The van der Waals surface area contributed by atoms with E-state index in [0.717, 1.165) is 29.4 Å². The fourth-order valence-electron chi connectivity index (χ4n) is 1.28. The second kappa shape index (κ2) is 7.11. The smallest absolute Gasteiger partial charge is 0.230 e. The van der Waals surface area contributed by atoms with Crippen LogP contribution in [0.3, 0.4) is 0 Å². The number of rotatable bonds is 6. The molecule has 1 rings (SSSR count). The molecule has 1 amide bonds. The summed E-state index contributed by atoms with van der Waals surface area (Å²) in [6, 6.07) is 0.